The number of halogens is 1. The molecule has 0 radical (unpaired) electrons. The lowest BCUT2D eigenvalue weighted by Crippen LogP contribution is -2.03. The minimum absolute atomic E-state index is 0.625. The molecule has 0 unspecified atom stereocenters. The van der Waals surface area contributed by atoms with Gasteiger partial charge in [-0.05, 0) is 23.8 Å². The Morgan fingerprint density at radius 3 is 2.50 bits per heavy atom. The van der Waals surface area contributed by atoms with Gasteiger partial charge in [-0.1, -0.05) is 64.5 Å². The van der Waals surface area contributed by atoms with Gasteiger partial charge in [0.25, 0.3) is 0 Å². The number of nitrogens with zero attached hydrogens (tertiary/aromatic N) is 2. The van der Waals surface area contributed by atoms with Crippen molar-refractivity contribution in [1.82, 2.24) is 14.8 Å². The first-order chi connectivity index (χ1) is 9.75. The largest absolute Gasteiger partial charge is 0.296 e. The van der Waals surface area contributed by atoms with Crippen molar-refractivity contribution >= 4 is 28.1 Å². The summed E-state index contributed by atoms with van der Waals surface area (Å²) in [6, 6.07) is 18.2. The zero-order valence-electron chi connectivity index (χ0n) is 10.6. The van der Waals surface area contributed by atoms with E-state index < -0.39 is 0 Å². The van der Waals surface area contributed by atoms with E-state index in [1.165, 1.54) is 5.56 Å². The normalized spacial score (nSPS) is 10.7. The summed E-state index contributed by atoms with van der Waals surface area (Å²) in [5, 5.41) is 7.22. The Hall–Kier alpha value is -1.72. The summed E-state index contributed by atoms with van der Waals surface area (Å²) in [6.45, 7) is 0.682. The smallest absolute Gasteiger partial charge is 0.195 e. The second kappa shape index (κ2) is 5.73. The van der Waals surface area contributed by atoms with E-state index >= 15 is 0 Å². The maximum absolute atomic E-state index is 5.34. The fourth-order valence-electron chi connectivity index (χ4n) is 2.07. The van der Waals surface area contributed by atoms with E-state index in [0.29, 0.717) is 11.3 Å². The van der Waals surface area contributed by atoms with Crippen LogP contribution in [-0.2, 0) is 6.54 Å². The van der Waals surface area contributed by atoms with Crippen LogP contribution in [0.15, 0.2) is 59.1 Å². The van der Waals surface area contributed by atoms with Gasteiger partial charge in [0, 0.05) is 10.0 Å². The molecule has 0 amide bonds. The van der Waals surface area contributed by atoms with E-state index in [1.54, 1.807) is 0 Å². The molecule has 1 aromatic heterocycles. The highest BCUT2D eigenvalue weighted by molar-refractivity contribution is 9.10. The van der Waals surface area contributed by atoms with Crippen molar-refractivity contribution in [3.63, 3.8) is 0 Å². The van der Waals surface area contributed by atoms with Crippen molar-refractivity contribution < 1.29 is 0 Å². The molecule has 0 saturated carbocycles. The Bertz CT molecular complexity index is 777. The van der Waals surface area contributed by atoms with Gasteiger partial charge in [-0.15, -0.1) is 0 Å². The minimum atomic E-state index is 0.625. The average Bonchev–Trinajstić information content (AvgIpc) is 2.84. The van der Waals surface area contributed by atoms with Crippen LogP contribution in [0, 0.1) is 4.77 Å². The van der Waals surface area contributed by atoms with Crippen LogP contribution in [0.5, 0.6) is 0 Å². The van der Waals surface area contributed by atoms with Crippen LogP contribution >= 0.6 is 28.1 Å². The van der Waals surface area contributed by atoms with E-state index in [9.17, 15) is 0 Å². The van der Waals surface area contributed by atoms with Crippen molar-refractivity contribution in [2.24, 2.45) is 0 Å². The maximum atomic E-state index is 5.34. The number of hydrogen-bond acceptors (Lipinski definition) is 2. The van der Waals surface area contributed by atoms with Crippen molar-refractivity contribution in [2.75, 3.05) is 0 Å². The summed E-state index contributed by atoms with van der Waals surface area (Å²) in [5.41, 5.74) is 2.22. The Balaban J connectivity index is 2.05. The van der Waals surface area contributed by atoms with E-state index in [0.717, 1.165) is 15.9 Å². The molecule has 100 valence electrons. The second-order valence-electron chi connectivity index (χ2n) is 4.40. The molecule has 0 atom stereocenters. The lowest BCUT2D eigenvalue weighted by Gasteiger charge is -2.08. The number of benzene rings is 2. The summed E-state index contributed by atoms with van der Waals surface area (Å²) in [4.78, 5) is 0. The number of hydrogen-bond donors (Lipinski definition) is 1. The van der Waals surface area contributed by atoms with Gasteiger partial charge in [-0.3, -0.25) is 9.67 Å². The summed E-state index contributed by atoms with van der Waals surface area (Å²) < 4.78 is 3.70. The highest BCUT2D eigenvalue weighted by atomic mass is 79.9. The van der Waals surface area contributed by atoms with Gasteiger partial charge < -0.3 is 0 Å². The SMILES string of the molecule is S=c1[nH]nc(-c2ccccc2)n1Cc1ccccc1Br. The van der Waals surface area contributed by atoms with Gasteiger partial charge in [-0.2, -0.15) is 5.10 Å². The fourth-order valence-corrected chi connectivity index (χ4v) is 2.68. The molecular formula is C15H12BrN3S. The molecule has 2 aromatic carbocycles. The first-order valence-corrected chi connectivity index (χ1v) is 7.40. The molecule has 1 heterocycles. The highest BCUT2D eigenvalue weighted by Gasteiger charge is 2.10. The lowest BCUT2D eigenvalue weighted by molar-refractivity contribution is 0.787. The number of aromatic amines is 1. The van der Waals surface area contributed by atoms with Crippen LogP contribution in [0.25, 0.3) is 11.4 Å². The van der Waals surface area contributed by atoms with E-state index in [-0.39, 0.29) is 0 Å². The zero-order valence-corrected chi connectivity index (χ0v) is 13.0. The average molecular weight is 346 g/mol. The monoisotopic (exact) mass is 345 g/mol. The Labute approximate surface area is 130 Å². The topological polar surface area (TPSA) is 33.6 Å². The Kier molecular flexibility index (Phi) is 3.80. The van der Waals surface area contributed by atoms with Gasteiger partial charge in [-0.25, -0.2) is 0 Å². The number of aromatic nitrogens is 3. The molecule has 3 rings (SSSR count). The minimum Gasteiger partial charge on any atom is -0.296 e. The number of nitrogens with one attached hydrogen (secondary N) is 1. The maximum Gasteiger partial charge on any atom is 0.195 e. The summed E-state index contributed by atoms with van der Waals surface area (Å²) >= 11 is 8.91. The molecule has 0 spiro atoms. The Morgan fingerprint density at radius 1 is 1.05 bits per heavy atom. The molecule has 0 aliphatic rings. The van der Waals surface area contributed by atoms with Gasteiger partial charge >= 0.3 is 0 Å². The first-order valence-electron chi connectivity index (χ1n) is 6.20. The molecule has 1 N–H and O–H groups in total. The van der Waals surface area contributed by atoms with Crippen molar-refractivity contribution in [1.29, 1.82) is 0 Å². The fraction of sp³-hybridized carbons (Fsp3) is 0.0667. The van der Waals surface area contributed by atoms with Crippen LogP contribution in [-0.4, -0.2) is 14.8 Å². The van der Waals surface area contributed by atoms with Gasteiger partial charge in [0.05, 0.1) is 6.54 Å². The summed E-state index contributed by atoms with van der Waals surface area (Å²) in [7, 11) is 0. The second-order valence-corrected chi connectivity index (χ2v) is 5.64. The molecule has 5 heteroatoms. The number of rotatable bonds is 3. The van der Waals surface area contributed by atoms with Gasteiger partial charge in [0.1, 0.15) is 0 Å². The van der Waals surface area contributed by atoms with Crippen LogP contribution in [0.3, 0.4) is 0 Å². The Morgan fingerprint density at radius 2 is 1.75 bits per heavy atom. The molecule has 0 bridgehead atoms. The molecular weight excluding hydrogens is 334 g/mol. The predicted molar refractivity (Wildman–Crippen MR) is 86.1 cm³/mol. The quantitative estimate of drug-likeness (QED) is 0.713. The molecule has 0 aliphatic carbocycles. The van der Waals surface area contributed by atoms with Crippen LogP contribution in [0.2, 0.25) is 0 Å². The number of H-pyrrole nitrogens is 1. The van der Waals surface area contributed by atoms with Gasteiger partial charge in [0.15, 0.2) is 10.6 Å². The van der Waals surface area contributed by atoms with E-state index in [4.69, 9.17) is 12.2 Å². The van der Waals surface area contributed by atoms with Crippen LogP contribution < -0.4 is 0 Å². The van der Waals surface area contributed by atoms with E-state index in [1.807, 2.05) is 53.1 Å². The molecule has 3 aromatic rings. The highest BCUT2D eigenvalue weighted by Crippen LogP contribution is 2.21. The zero-order chi connectivity index (χ0) is 13.9. The molecule has 0 aliphatic heterocycles. The summed E-state index contributed by atoms with van der Waals surface area (Å²) in [5.74, 6) is 0.853. The first kappa shape index (κ1) is 13.3. The standard InChI is InChI=1S/C15H12BrN3S/c16-13-9-5-4-8-12(13)10-19-14(17-18-15(19)20)11-6-2-1-3-7-11/h1-9H,10H2,(H,18,20). The van der Waals surface area contributed by atoms with Crippen LogP contribution in [0.4, 0.5) is 0 Å². The van der Waals surface area contributed by atoms with Crippen molar-refractivity contribution in [2.45, 2.75) is 6.54 Å². The molecule has 0 fully saturated rings. The van der Waals surface area contributed by atoms with Crippen molar-refractivity contribution in [3.05, 3.63) is 69.4 Å². The molecule has 3 nitrogen and oxygen atoms in total. The van der Waals surface area contributed by atoms with Crippen molar-refractivity contribution in [3.8, 4) is 11.4 Å². The third kappa shape index (κ3) is 2.59. The summed E-state index contributed by atoms with van der Waals surface area (Å²) in [6.07, 6.45) is 0. The third-order valence-corrected chi connectivity index (χ3v) is 4.16. The molecule has 20 heavy (non-hydrogen) atoms. The van der Waals surface area contributed by atoms with E-state index in [2.05, 4.69) is 32.2 Å². The van der Waals surface area contributed by atoms with Crippen LogP contribution in [0.1, 0.15) is 5.56 Å². The van der Waals surface area contributed by atoms with Gasteiger partial charge in [0.2, 0.25) is 0 Å². The predicted octanol–water partition coefficient (Wildman–Crippen LogP) is 4.42. The lowest BCUT2D eigenvalue weighted by atomic mass is 10.2. The molecule has 0 saturated heterocycles. The third-order valence-electron chi connectivity index (χ3n) is 3.08.